The summed E-state index contributed by atoms with van der Waals surface area (Å²) < 4.78 is 7.34. The van der Waals surface area contributed by atoms with Gasteiger partial charge in [-0.25, -0.2) is 4.79 Å². The Morgan fingerprint density at radius 2 is 2.25 bits per heavy atom. The highest BCUT2D eigenvalue weighted by Gasteiger charge is 2.28. The molecular formula is C17H31N5O2. The van der Waals surface area contributed by atoms with Gasteiger partial charge in [0.15, 0.2) is 0 Å². The van der Waals surface area contributed by atoms with E-state index in [2.05, 4.69) is 29.2 Å². The molecular weight excluding hydrogens is 306 g/mol. The minimum Gasteiger partial charge on any atom is -0.377 e. The average molecular weight is 337 g/mol. The number of ether oxygens (including phenoxy) is 1. The first-order valence-electron chi connectivity index (χ1n) is 8.65. The van der Waals surface area contributed by atoms with Gasteiger partial charge in [-0.15, -0.1) is 0 Å². The molecule has 7 heteroatoms. The fourth-order valence-electron chi connectivity index (χ4n) is 3.16. The third-order valence-electron chi connectivity index (χ3n) is 4.41. The maximum atomic E-state index is 12.7. The lowest BCUT2D eigenvalue weighted by Crippen LogP contribution is -2.53. The van der Waals surface area contributed by atoms with Crippen molar-refractivity contribution in [3.63, 3.8) is 0 Å². The van der Waals surface area contributed by atoms with Crippen LogP contribution in [0.15, 0.2) is 12.4 Å². The smallest absolute Gasteiger partial charge is 0.317 e. The first-order chi connectivity index (χ1) is 11.4. The number of amides is 2. The summed E-state index contributed by atoms with van der Waals surface area (Å²) in [6.45, 7) is 6.81. The Balaban J connectivity index is 1.96. The molecule has 2 rings (SSSR count). The molecule has 136 valence electrons. The SMILES string of the molecule is CC(C)C[C@@H]1COCCN1C(=O)NC[C@@H](c1cnn(C)c1)N(C)C. The fourth-order valence-corrected chi connectivity index (χ4v) is 3.16. The largest absolute Gasteiger partial charge is 0.377 e. The molecule has 2 amide bonds. The van der Waals surface area contributed by atoms with Crippen LogP contribution in [0.5, 0.6) is 0 Å². The Morgan fingerprint density at radius 1 is 1.50 bits per heavy atom. The van der Waals surface area contributed by atoms with Gasteiger partial charge < -0.3 is 19.9 Å². The van der Waals surface area contributed by atoms with Gasteiger partial charge in [0, 0.05) is 31.9 Å². The van der Waals surface area contributed by atoms with Gasteiger partial charge in [-0.1, -0.05) is 13.8 Å². The Bertz CT molecular complexity index is 529. The van der Waals surface area contributed by atoms with E-state index < -0.39 is 0 Å². The van der Waals surface area contributed by atoms with E-state index in [9.17, 15) is 4.79 Å². The number of carbonyl (C=O) groups excluding carboxylic acids is 1. The van der Waals surface area contributed by atoms with Gasteiger partial charge in [-0.05, 0) is 26.4 Å². The lowest BCUT2D eigenvalue weighted by atomic mass is 10.0. The van der Waals surface area contributed by atoms with Crippen LogP contribution in [0.3, 0.4) is 0 Å². The topological polar surface area (TPSA) is 62.6 Å². The van der Waals surface area contributed by atoms with Crippen molar-refractivity contribution in [3.8, 4) is 0 Å². The number of likely N-dealkylation sites (N-methyl/N-ethyl adjacent to an activating group) is 1. The van der Waals surface area contributed by atoms with Crippen molar-refractivity contribution in [1.29, 1.82) is 0 Å². The molecule has 1 aliphatic heterocycles. The first-order valence-corrected chi connectivity index (χ1v) is 8.65. The van der Waals surface area contributed by atoms with Crippen LogP contribution in [-0.2, 0) is 11.8 Å². The molecule has 0 unspecified atom stereocenters. The van der Waals surface area contributed by atoms with E-state index in [4.69, 9.17) is 4.74 Å². The van der Waals surface area contributed by atoms with Crippen LogP contribution in [0.2, 0.25) is 0 Å². The Morgan fingerprint density at radius 3 is 2.83 bits per heavy atom. The molecule has 2 atom stereocenters. The van der Waals surface area contributed by atoms with Crippen molar-refractivity contribution >= 4 is 6.03 Å². The molecule has 1 saturated heterocycles. The second-order valence-electron chi connectivity index (χ2n) is 7.16. The zero-order valence-corrected chi connectivity index (χ0v) is 15.5. The monoisotopic (exact) mass is 337 g/mol. The summed E-state index contributed by atoms with van der Waals surface area (Å²) in [6.07, 6.45) is 4.81. The van der Waals surface area contributed by atoms with Gasteiger partial charge >= 0.3 is 6.03 Å². The number of aryl methyl sites for hydroxylation is 1. The Hall–Kier alpha value is -1.60. The normalized spacial score (nSPS) is 19.8. The van der Waals surface area contributed by atoms with Crippen LogP contribution < -0.4 is 5.32 Å². The summed E-state index contributed by atoms with van der Waals surface area (Å²) >= 11 is 0. The van der Waals surface area contributed by atoms with Crippen LogP contribution in [-0.4, -0.2) is 72.1 Å². The number of carbonyl (C=O) groups is 1. The molecule has 2 heterocycles. The van der Waals surface area contributed by atoms with Crippen molar-refractivity contribution < 1.29 is 9.53 Å². The Labute approximate surface area is 144 Å². The lowest BCUT2D eigenvalue weighted by Gasteiger charge is -2.37. The van der Waals surface area contributed by atoms with Gasteiger partial charge in [0.2, 0.25) is 0 Å². The third kappa shape index (κ3) is 4.95. The number of hydrogen-bond donors (Lipinski definition) is 1. The third-order valence-corrected chi connectivity index (χ3v) is 4.41. The summed E-state index contributed by atoms with van der Waals surface area (Å²) in [6, 6.07) is 0.266. The van der Waals surface area contributed by atoms with Gasteiger partial charge in [0.25, 0.3) is 0 Å². The molecule has 0 aliphatic carbocycles. The zero-order chi connectivity index (χ0) is 17.7. The van der Waals surface area contributed by atoms with E-state index in [0.29, 0.717) is 32.2 Å². The highest BCUT2D eigenvalue weighted by atomic mass is 16.5. The van der Waals surface area contributed by atoms with E-state index >= 15 is 0 Å². The van der Waals surface area contributed by atoms with Gasteiger partial charge in [0.05, 0.1) is 31.5 Å². The fraction of sp³-hybridized carbons (Fsp3) is 0.765. The molecule has 7 nitrogen and oxygen atoms in total. The molecule has 0 aromatic carbocycles. The lowest BCUT2D eigenvalue weighted by molar-refractivity contribution is 0.00533. The first kappa shape index (κ1) is 18.7. The predicted molar refractivity (Wildman–Crippen MR) is 93.8 cm³/mol. The van der Waals surface area contributed by atoms with Crippen molar-refractivity contribution in [2.24, 2.45) is 13.0 Å². The van der Waals surface area contributed by atoms with Crippen molar-refractivity contribution in [2.45, 2.75) is 32.4 Å². The molecule has 1 N–H and O–H groups in total. The van der Waals surface area contributed by atoms with Gasteiger partial charge in [0.1, 0.15) is 0 Å². The summed E-state index contributed by atoms with van der Waals surface area (Å²) in [7, 11) is 5.93. The van der Waals surface area contributed by atoms with Gasteiger partial charge in [-0.2, -0.15) is 5.10 Å². The minimum absolute atomic E-state index is 0.000287. The number of aromatic nitrogens is 2. The van der Waals surface area contributed by atoms with E-state index in [-0.39, 0.29) is 18.1 Å². The average Bonchev–Trinajstić information content (AvgIpc) is 2.93. The van der Waals surface area contributed by atoms with E-state index in [1.165, 1.54) is 0 Å². The van der Waals surface area contributed by atoms with Crippen molar-refractivity contribution in [1.82, 2.24) is 24.9 Å². The quantitative estimate of drug-likeness (QED) is 0.854. The van der Waals surface area contributed by atoms with Crippen molar-refractivity contribution in [2.75, 3.05) is 40.4 Å². The molecule has 0 saturated carbocycles. The number of urea groups is 1. The number of nitrogens with zero attached hydrogens (tertiary/aromatic N) is 4. The van der Waals surface area contributed by atoms with Crippen LogP contribution in [0.4, 0.5) is 4.79 Å². The summed E-state index contributed by atoms with van der Waals surface area (Å²) in [5.74, 6) is 0.539. The molecule has 0 bridgehead atoms. The van der Waals surface area contributed by atoms with Crippen LogP contribution in [0.1, 0.15) is 31.9 Å². The maximum absolute atomic E-state index is 12.7. The molecule has 1 aliphatic rings. The zero-order valence-electron chi connectivity index (χ0n) is 15.5. The van der Waals surface area contributed by atoms with Crippen LogP contribution in [0.25, 0.3) is 0 Å². The highest BCUT2D eigenvalue weighted by molar-refractivity contribution is 5.74. The number of hydrogen-bond acceptors (Lipinski definition) is 4. The second kappa shape index (κ2) is 8.48. The molecule has 1 fully saturated rings. The number of nitrogens with one attached hydrogen (secondary N) is 1. The highest BCUT2D eigenvalue weighted by Crippen LogP contribution is 2.18. The maximum Gasteiger partial charge on any atom is 0.317 e. The van der Waals surface area contributed by atoms with Gasteiger partial charge in [-0.3, -0.25) is 4.68 Å². The molecule has 24 heavy (non-hydrogen) atoms. The van der Waals surface area contributed by atoms with Crippen LogP contribution >= 0.6 is 0 Å². The summed E-state index contributed by atoms with van der Waals surface area (Å²) in [5, 5.41) is 7.33. The standard InChI is InChI=1S/C17H31N5O2/c1-13(2)8-15-12-24-7-6-22(15)17(23)18-10-16(20(3)4)14-9-19-21(5)11-14/h9,11,13,15-16H,6-8,10,12H2,1-5H3,(H,18,23)/t15-,16+/m1/s1. The minimum atomic E-state index is -0.000287. The van der Waals surface area contributed by atoms with E-state index in [1.807, 2.05) is 38.4 Å². The molecule has 0 radical (unpaired) electrons. The second-order valence-corrected chi connectivity index (χ2v) is 7.16. The molecule has 1 aromatic heterocycles. The summed E-state index contributed by atoms with van der Waals surface area (Å²) in [4.78, 5) is 16.7. The van der Waals surface area contributed by atoms with E-state index in [1.54, 1.807) is 4.68 Å². The molecule has 0 spiro atoms. The predicted octanol–water partition coefficient (Wildman–Crippen LogP) is 1.48. The Kier molecular flexibility index (Phi) is 6.62. The van der Waals surface area contributed by atoms with Crippen LogP contribution in [0, 0.1) is 5.92 Å². The van der Waals surface area contributed by atoms with Crippen molar-refractivity contribution in [3.05, 3.63) is 18.0 Å². The summed E-state index contributed by atoms with van der Waals surface area (Å²) in [5.41, 5.74) is 1.10. The number of morpholine rings is 1. The van der Waals surface area contributed by atoms with E-state index in [0.717, 1.165) is 12.0 Å². The molecule has 1 aromatic rings. The number of rotatable bonds is 6.